The molecule has 1 aliphatic heterocycles. The molecular formula is C11H24N4O2+. The van der Waals surface area contributed by atoms with Crippen molar-refractivity contribution in [3.63, 3.8) is 0 Å². The van der Waals surface area contributed by atoms with Gasteiger partial charge in [0.15, 0.2) is 13.2 Å². The van der Waals surface area contributed by atoms with Gasteiger partial charge in [-0.15, -0.1) is 0 Å². The van der Waals surface area contributed by atoms with Crippen LogP contribution in [0.25, 0.3) is 0 Å². The summed E-state index contributed by atoms with van der Waals surface area (Å²) in [4.78, 5) is 9.57. The Morgan fingerprint density at radius 3 is 2.82 bits per heavy atom. The maximum atomic E-state index is 5.40. The monoisotopic (exact) mass is 244 g/mol. The number of hydrogen-bond donors (Lipinski definition) is 2. The van der Waals surface area contributed by atoms with Crippen molar-refractivity contribution < 1.29 is 14.1 Å². The molecule has 0 amide bonds. The molecule has 1 heterocycles. The predicted molar refractivity (Wildman–Crippen MR) is 67.2 cm³/mol. The Morgan fingerprint density at radius 1 is 1.41 bits per heavy atom. The van der Waals surface area contributed by atoms with Crippen LogP contribution < -0.4 is 10.8 Å². The Hall–Kier alpha value is -0.690. The van der Waals surface area contributed by atoms with Crippen molar-refractivity contribution in [1.29, 1.82) is 0 Å². The highest BCUT2D eigenvalue weighted by Gasteiger charge is 2.30. The van der Waals surface area contributed by atoms with Crippen LogP contribution in [0.1, 0.15) is 6.92 Å². The molecule has 0 unspecified atom stereocenters. The number of aliphatic imine (C=N–C) groups is 1. The third-order valence-corrected chi connectivity index (χ3v) is 2.80. The smallest absolute Gasteiger partial charge is 0.174 e. The maximum Gasteiger partial charge on any atom is 0.174 e. The van der Waals surface area contributed by atoms with Crippen LogP contribution in [-0.4, -0.2) is 64.0 Å². The summed E-state index contributed by atoms with van der Waals surface area (Å²) < 4.78 is 6.22. The van der Waals surface area contributed by atoms with Gasteiger partial charge in [-0.1, -0.05) is 0 Å². The average molecular weight is 244 g/mol. The van der Waals surface area contributed by atoms with Gasteiger partial charge in [0.25, 0.3) is 0 Å². The highest BCUT2D eigenvalue weighted by atomic mass is 16.6. The summed E-state index contributed by atoms with van der Waals surface area (Å²) in [6, 6.07) is 0. The first-order valence-corrected chi connectivity index (χ1v) is 6.11. The van der Waals surface area contributed by atoms with Crippen LogP contribution in [0, 0.1) is 6.54 Å². The molecule has 6 heteroatoms. The van der Waals surface area contributed by atoms with Crippen molar-refractivity contribution in [1.82, 2.24) is 10.8 Å². The molecule has 1 fully saturated rings. The van der Waals surface area contributed by atoms with Gasteiger partial charge in [0.2, 0.25) is 0 Å². The summed E-state index contributed by atoms with van der Waals surface area (Å²) >= 11 is 0. The van der Waals surface area contributed by atoms with E-state index in [1.165, 1.54) is 0 Å². The molecule has 0 aromatic heterocycles. The fourth-order valence-electron chi connectivity index (χ4n) is 1.73. The molecule has 99 valence electrons. The maximum absolute atomic E-state index is 5.40. The second kappa shape index (κ2) is 8.41. The van der Waals surface area contributed by atoms with E-state index < -0.39 is 0 Å². The molecule has 0 atom stereocenters. The van der Waals surface area contributed by atoms with E-state index in [0.29, 0.717) is 6.61 Å². The predicted octanol–water partition coefficient (Wildman–Crippen LogP) is -0.259. The van der Waals surface area contributed by atoms with E-state index in [4.69, 9.17) is 9.57 Å². The van der Waals surface area contributed by atoms with E-state index in [1.807, 2.05) is 0 Å². The van der Waals surface area contributed by atoms with Crippen LogP contribution in [0.2, 0.25) is 0 Å². The fourth-order valence-corrected chi connectivity index (χ4v) is 1.73. The topological polar surface area (TPSA) is 54.9 Å². The minimum atomic E-state index is 0.577. The molecule has 17 heavy (non-hydrogen) atoms. The molecular weight excluding hydrogens is 220 g/mol. The Morgan fingerprint density at radius 2 is 2.18 bits per heavy atom. The van der Waals surface area contributed by atoms with Crippen LogP contribution in [-0.2, 0) is 9.57 Å². The van der Waals surface area contributed by atoms with Crippen LogP contribution in [0.4, 0.5) is 0 Å². The molecule has 6 nitrogen and oxygen atoms in total. The summed E-state index contributed by atoms with van der Waals surface area (Å²) in [6.45, 7) is 9.91. The third kappa shape index (κ3) is 5.45. The Balaban J connectivity index is 2.40. The summed E-state index contributed by atoms with van der Waals surface area (Å²) in [5.41, 5.74) is 2.68. The van der Waals surface area contributed by atoms with Crippen molar-refractivity contribution in [2.75, 3.05) is 53.2 Å². The van der Waals surface area contributed by atoms with Crippen molar-refractivity contribution in [3.8, 4) is 0 Å². The zero-order chi connectivity index (χ0) is 12.4. The minimum absolute atomic E-state index is 0.577. The zero-order valence-electron chi connectivity index (χ0n) is 10.8. The number of nitrogens with one attached hydrogen (secondary N) is 2. The molecule has 1 aliphatic rings. The lowest BCUT2D eigenvalue weighted by Gasteiger charge is -2.38. The lowest BCUT2D eigenvalue weighted by Crippen LogP contribution is -2.54. The second-order valence-corrected chi connectivity index (χ2v) is 3.99. The highest BCUT2D eigenvalue weighted by molar-refractivity contribution is 5.53. The molecule has 0 aromatic rings. The van der Waals surface area contributed by atoms with Gasteiger partial charge in [-0.05, 0) is 6.92 Å². The van der Waals surface area contributed by atoms with Gasteiger partial charge in [0, 0.05) is 13.6 Å². The molecule has 1 saturated heterocycles. The minimum Gasteiger partial charge on any atom is -0.377 e. The molecule has 0 bridgehead atoms. The number of ether oxygens (including phenoxy) is 1. The van der Waals surface area contributed by atoms with E-state index in [9.17, 15) is 0 Å². The van der Waals surface area contributed by atoms with Crippen LogP contribution in [0.15, 0.2) is 4.99 Å². The van der Waals surface area contributed by atoms with E-state index >= 15 is 0 Å². The van der Waals surface area contributed by atoms with Crippen molar-refractivity contribution in [3.05, 3.63) is 6.54 Å². The summed E-state index contributed by atoms with van der Waals surface area (Å²) in [6.07, 6.45) is 1.78. The Bertz CT molecular complexity index is 218. The van der Waals surface area contributed by atoms with E-state index in [2.05, 4.69) is 29.3 Å². The van der Waals surface area contributed by atoms with Crippen LogP contribution >= 0.6 is 0 Å². The van der Waals surface area contributed by atoms with Crippen molar-refractivity contribution in [2.45, 2.75) is 6.92 Å². The summed E-state index contributed by atoms with van der Waals surface area (Å²) in [5, 5.41) is 3.08. The molecule has 0 spiro atoms. The molecule has 1 radical (unpaired) electrons. The number of nitrogens with zero attached hydrogens (tertiary/aromatic N) is 2. The lowest BCUT2D eigenvalue weighted by atomic mass is 10.3. The number of hydrogen-bond acceptors (Lipinski definition) is 4. The molecule has 0 aliphatic carbocycles. The van der Waals surface area contributed by atoms with Crippen LogP contribution in [0.3, 0.4) is 0 Å². The van der Waals surface area contributed by atoms with Gasteiger partial charge >= 0.3 is 0 Å². The van der Waals surface area contributed by atoms with Crippen LogP contribution in [0.5, 0.6) is 0 Å². The molecule has 1 rings (SSSR count). The zero-order valence-corrected chi connectivity index (χ0v) is 10.8. The number of hydroxylamine groups is 1. The second-order valence-electron chi connectivity index (χ2n) is 3.99. The molecule has 2 N–H and O–H groups in total. The van der Waals surface area contributed by atoms with Gasteiger partial charge < -0.3 is 10.1 Å². The lowest BCUT2D eigenvalue weighted by molar-refractivity contribution is -0.907. The Labute approximate surface area is 104 Å². The van der Waals surface area contributed by atoms with Crippen molar-refractivity contribution >= 4 is 6.34 Å². The number of rotatable bonds is 8. The molecule has 0 saturated carbocycles. The normalized spacial score (nSPS) is 19.6. The quantitative estimate of drug-likeness (QED) is 0.203. The highest BCUT2D eigenvalue weighted by Crippen LogP contribution is 2.14. The van der Waals surface area contributed by atoms with Gasteiger partial charge in [-0.2, -0.15) is 0 Å². The first-order valence-electron chi connectivity index (χ1n) is 6.11. The van der Waals surface area contributed by atoms with Gasteiger partial charge in [-0.25, -0.2) is 10.5 Å². The van der Waals surface area contributed by atoms with Gasteiger partial charge in [0.1, 0.15) is 19.7 Å². The largest absolute Gasteiger partial charge is 0.377 e. The third-order valence-electron chi connectivity index (χ3n) is 2.80. The first-order chi connectivity index (χ1) is 8.33. The summed E-state index contributed by atoms with van der Waals surface area (Å²) in [7, 11) is 1.76. The standard InChI is InChI=1S/C11H24N4O2/c1-3-13-10-14-11-15(6-9-17-12-2)4-7-16-8-5-15/h6,10,12H,3-5,7-9,11H2,1-2H3,(H,13,14)/q+1. The average Bonchev–Trinajstić information content (AvgIpc) is 2.36. The SMILES string of the molecule is CCNC=NC[N+]1([CH]CONC)CCOCC1. The fraction of sp³-hybridized carbons (Fsp3) is 0.818. The van der Waals surface area contributed by atoms with Gasteiger partial charge in [-0.3, -0.25) is 9.32 Å². The van der Waals surface area contributed by atoms with Crippen molar-refractivity contribution in [2.24, 2.45) is 4.99 Å². The number of quaternary nitrogens is 1. The molecule has 0 aromatic carbocycles. The van der Waals surface area contributed by atoms with E-state index in [1.54, 1.807) is 13.4 Å². The van der Waals surface area contributed by atoms with E-state index in [0.717, 1.165) is 44.0 Å². The first kappa shape index (κ1) is 14.4. The van der Waals surface area contributed by atoms with E-state index in [-0.39, 0.29) is 0 Å². The van der Waals surface area contributed by atoms with Gasteiger partial charge in [0.05, 0.1) is 19.6 Å². The Kier molecular flexibility index (Phi) is 7.11. The number of morpholine rings is 1. The summed E-state index contributed by atoms with van der Waals surface area (Å²) in [5.74, 6) is 0.